The number of amides is 1. The zero-order chi connectivity index (χ0) is 17.6. The summed E-state index contributed by atoms with van der Waals surface area (Å²) in [4.78, 5) is 12.2. The van der Waals surface area contributed by atoms with Gasteiger partial charge in [-0.2, -0.15) is 0 Å². The highest BCUT2D eigenvalue weighted by Crippen LogP contribution is 2.14. The number of carbonyl (C=O) groups is 1. The van der Waals surface area contributed by atoms with Gasteiger partial charge in [0.2, 0.25) is 0 Å². The van der Waals surface area contributed by atoms with Crippen LogP contribution in [0.25, 0.3) is 0 Å². The number of hydrogen-bond donors (Lipinski definition) is 2. The van der Waals surface area contributed by atoms with E-state index in [1.54, 1.807) is 12.1 Å². The van der Waals surface area contributed by atoms with Crippen LogP contribution in [-0.4, -0.2) is 16.1 Å². The SMILES string of the molecule is Cc1ccc(Nc2ccc(C(=O)NCc3cccc(C)c3)nn2)cc1. The van der Waals surface area contributed by atoms with Gasteiger partial charge < -0.3 is 10.6 Å². The third-order valence-corrected chi connectivity index (χ3v) is 3.76. The molecule has 126 valence electrons. The van der Waals surface area contributed by atoms with Crippen molar-refractivity contribution < 1.29 is 4.79 Å². The Kier molecular flexibility index (Phi) is 5.04. The molecule has 2 aromatic carbocycles. The number of aromatic nitrogens is 2. The Morgan fingerprint density at radius 2 is 1.72 bits per heavy atom. The Morgan fingerprint density at radius 3 is 2.40 bits per heavy atom. The van der Waals surface area contributed by atoms with Gasteiger partial charge >= 0.3 is 0 Å². The predicted octanol–water partition coefficient (Wildman–Crippen LogP) is 3.77. The van der Waals surface area contributed by atoms with E-state index in [9.17, 15) is 4.79 Å². The molecule has 2 N–H and O–H groups in total. The monoisotopic (exact) mass is 332 g/mol. The Balaban J connectivity index is 1.59. The Labute approximate surface area is 147 Å². The zero-order valence-corrected chi connectivity index (χ0v) is 14.3. The summed E-state index contributed by atoms with van der Waals surface area (Å²) in [7, 11) is 0. The molecule has 1 aromatic heterocycles. The summed E-state index contributed by atoms with van der Waals surface area (Å²) in [5, 5.41) is 14.1. The number of nitrogens with one attached hydrogen (secondary N) is 2. The molecule has 3 aromatic rings. The lowest BCUT2D eigenvalue weighted by molar-refractivity contribution is 0.0945. The maximum atomic E-state index is 12.2. The van der Waals surface area contributed by atoms with Crippen LogP contribution in [0.1, 0.15) is 27.2 Å². The number of rotatable bonds is 5. The second-order valence-corrected chi connectivity index (χ2v) is 5.97. The van der Waals surface area contributed by atoms with Crippen LogP contribution in [0.2, 0.25) is 0 Å². The van der Waals surface area contributed by atoms with Crippen molar-refractivity contribution in [1.29, 1.82) is 0 Å². The topological polar surface area (TPSA) is 66.9 Å². The summed E-state index contributed by atoms with van der Waals surface area (Å²) in [6.45, 7) is 4.52. The van der Waals surface area contributed by atoms with E-state index in [2.05, 4.69) is 20.8 Å². The third kappa shape index (κ3) is 4.64. The van der Waals surface area contributed by atoms with E-state index < -0.39 is 0 Å². The van der Waals surface area contributed by atoms with Gasteiger partial charge in [0.05, 0.1) is 0 Å². The fourth-order valence-electron chi connectivity index (χ4n) is 2.40. The van der Waals surface area contributed by atoms with Gasteiger partial charge in [0.1, 0.15) is 0 Å². The Bertz CT molecular complexity index is 858. The molecule has 0 bridgehead atoms. The van der Waals surface area contributed by atoms with E-state index in [1.807, 2.05) is 62.4 Å². The van der Waals surface area contributed by atoms with Crippen LogP contribution in [-0.2, 0) is 6.54 Å². The highest BCUT2D eigenvalue weighted by atomic mass is 16.1. The second kappa shape index (κ2) is 7.57. The number of anilines is 2. The van der Waals surface area contributed by atoms with E-state index >= 15 is 0 Å². The average molecular weight is 332 g/mol. The number of nitrogens with zero attached hydrogens (tertiary/aromatic N) is 2. The first-order valence-electron chi connectivity index (χ1n) is 8.11. The van der Waals surface area contributed by atoms with Crippen molar-refractivity contribution in [3.63, 3.8) is 0 Å². The van der Waals surface area contributed by atoms with Crippen LogP contribution in [0.3, 0.4) is 0 Å². The van der Waals surface area contributed by atoms with Crippen molar-refractivity contribution >= 4 is 17.4 Å². The lowest BCUT2D eigenvalue weighted by atomic mass is 10.1. The molecule has 0 saturated heterocycles. The maximum Gasteiger partial charge on any atom is 0.272 e. The first-order valence-corrected chi connectivity index (χ1v) is 8.11. The molecular formula is C20H20N4O. The molecule has 5 heteroatoms. The molecule has 5 nitrogen and oxygen atoms in total. The van der Waals surface area contributed by atoms with Crippen molar-refractivity contribution in [1.82, 2.24) is 15.5 Å². The molecular weight excluding hydrogens is 312 g/mol. The predicted molar refractivity (Wildman–Crippen MR) is 98.8 cm³/mol. The van der Waals surface area contributed by atoms with E-state index in [0.717, 1.165) is 16.8 Å². The molecule has 0 radical (unpaired) electrons. The zero-order valence-electron chi connectivity index (χ0n) is 14.3. The average Bonchev–Trinajstić information content (AvgIpc) is 2.62. The number of hydrogen-bond acceptors (Lipinski definition) is 4. The van der Waals surface area contributed by atoms with E-state index in [-0.39, 0.29) is 5.91 Å². The van der Waals surface area contributed by atoms with Gasteiger partial charge in [-0.05, 0) is 43.7 Å². The summed E-state index contributed by atoms with van der Waals surface area (Å²) in [5.74, 6) is 0.356. The molecule has 0 aliphatic rings. The lowest BCUT2D eigenvalue weighted by Crippen LogP contribution is -2.24. The molecule has 1 amide bonds. The molecule has 0 aliphatic heterocycles. The first kappa shape index (κ1) is 16.6. The third-order valence-electron chi connectivity index (χ3n) is 3.76. The highest BCUT2D eigenvalue weighted by Gasteiger charge is 2.08. The molecule has 0 spiro atoms. The van der Waals surface area contributed by atoms with E-state index in [4.69, 9.17) is 0 Å². The van der Waals surface area contributed by atoms with Crippen molar-refractivity contribution in [3.8, 4) is 0 Å². The Hall–Kier alpha value is -3.21. The number of benzene rings is 2. The standard InChI is InChI=1S/C20H20N4O/c1-14-6-8-17(9-7-14)22-19-11-10-18(23-24-19)20(25)21-13-16-5-3-4-15(2)12-16/h3-12H,13H2,1-2H3,(H,21,25)(H,22,24). The van der Waals surface area contributed by atoms with Crippen LogP contribution >= 0.6 is 0 Å². The molecule has 0 aliphatic carbocycles. The van der Waals surface area contributed by atoms with Gasteiger partial charge in [-0.25, -0.2) is 0 Å². The minimum atomic E-state index is -0.240. The minimum Gasteiger partial charge on any atom is -0.347 e. The van der Waals surface area contributed by atoms with Crippen molar-refractivity contribution in [3.05, 3.63) is 83.0 Å². The Morgan fingerprint density at radius 1 is 0.920 bits per heavy atom. The van der Waals surface area contributed by atoms with Gasteiger partial charge in [-0.3, -0.25) is 4.79 Å². The number of carbonyl (C=O) groups excluding carboxylic acids is 1. The molecule has 3 rings (SSSR count). The largest absolute Gasteiger partial charge is 0.347 e. The molecule has 0 saturated carbocycles. The van der Waals surface area contributed by atoms with Crippen LogP contribution in [0, 0.1) is 13.8 Å². The van der Waals surface area contributed by atoms with Gasteiger partial charge in [-0.1, -0.05) is 47.5 Å². The summed E-state index contributed by atoms with van der Waals surface area (Å²) < 4.78 is 0. The van der Waals surface area contributed by atoms with Crippen LogP contribution in [0.5, 0.6) is 0 Å². The smallest absolute Gasteiger partial charge is 0.272 e. The molecule has 0 atom stereocenters. The second-order valence-electron chi connectivity index (χ2n) is 5.97. The van der Waals surface area contributed by atoms with E-state index in [0.29, 0.717) is 18.1 Å². The first-order chi connectivity index (χ1) is 12.1. The fraction of sp³-hybridized carbons (Fsp3) is 0.150. The minimum absolute atomic E-state index is 0.240. The summed E-state index contributed by atoms with van der Waals surface area (Å²) in [6.07, 6.45) is 0. The molecule has 25 heavy (non-hydrogen) atoms. The molecule has 1 heterocycles. The van der Waals surface area contributed by atoms with Crippen LogP contribution in [0.4, 0.5) is 11.5 Å². The van der Waals surface area contributed by atoms with Crippen molar-refractivity contribution in [2.24, 2.45) is 0 Å². The van der Waals surface area contributed by atoms with E-state index in [1.165, 1.54) is 5.56 Å². The summed E-state index contributed by atoms with van der Waals surface area (Å²) in [5.41, 5.74) is 4.63. The maximum absolute atomic E-state index is 12.2. The van der Waals surface area contributed by atoms with Crippen LogP contribution < -0.4 is 10.6 Å². The fourth-order valence-corrected chi connectivity index (χ4v) is 2.40. The van der Waals surface area contributed by atoms with Gasteiger partial charge in [0.15, 0.2) is 11.5 Å². The van der Waals surface area contributed by atoms with Crippen LogP contribution in [0.15, 0.2) is 60.7 Å². The molecule has 0 unspecified atom stereocenters. The van der Waals surface area contributed by atoms with Crippen molar-refractivity contribution in [2.45, 2.75) is 20.4 Å². The van der Waals surface area contributed by atoms with Crippen molar-refractivity contribution in [2.75, 3.05) is 5.32 Å². The lowest BCUT2D eigenvalue weighted by Gasteiger charge is -2.07. The summed E-state index contributed by atoms with van der Waals surface area (Å²) in [6, 6.07) is 19.4. The quantitative estimate of drug-likeness (QED) is 0.746. The van der Waals surface area contributed by atoms with Gasteiger partial charge in [0, 0.05) is 12.2 Å². The summed E-state index contributed by atoms with van der Waals surface area (Å²) >= 11 is 0. The number of aryl methyl sites for hydroxylation is 2. The highest BCUT2D eigenvalue weighted by molar-refractivity contribution is 5.92. The normalized spacial score (nSPS) is 10.3. The van der Waals surface area contributed by atoms with Gasteiger partial charge in [0.25, 0.3) is 5.91 Å². The molecule has 0 fully saturated rings. The van der Waals surface area contributed by atoms with Gasteiger partial charge in [-0.15, -0.1) is 10.2 Å².